The van der Waals surface area contributed by atoms with Crippen LogP contribution in [0, 0.1) is 6.92 Å². The number of nitrogens with zero attached hydrogens (tertiary/aromatic N) is 4. The fraction of sp³-hybridized carbons (Fsp3) is 0.500. The van der Waals surface area contributed by atoms with Crippen molar-refractivity contribution in [2.75, 3.05) is 5.32 Å². The van der Waals surface area contributed by atoms with Crippen molar-refractivity contribution in [1.82, 2.24) is 19.6 Å². The first kappa shape index (κ1) is 11.3. The van der Waals surface area contributed by atoms with E-state index in [0.717, 1.165) is 18.7 Å². The minimum absolute atomic E-state index is 0.0547. The zero-order valence-corrected chi connectivity index (χ0v) is 10.5. The molecule has 0 aromatic carbocycles. The van der Waals surface area contributed by atoms with E-state index in [9.17, 15) is 4.79 Å². The van der Waals surface area contributed by atoms with Crippen LogP contribution in [0.1, 0.15) is 36.4 Å². The lowest BCUT2D eigenvalue weighted by atomic mass is 10.4. The van der Waals surface area contributed by atoms with E-state index in [-0.39, 0.29) is 12.3 Å². The van der Waals surface area contributed by atoms with Gasteiger partial charge in [0.15, 0.2) is 0 Å². The van der Waals surface area contributed by atoms with Gasteiger partial charge in [-0.3, -0.25) is 4.79 Å². The number of carbonyl (C=O) groups excluding carboxylic acids is 1. The number of carbonyl (C=O) groups is 1. The van der Waals surface area contributed by atoms with Gasteiger partial charge in [-0.1, -0.05) is 0 Å². The van der Waals surface area contributed by atoms with Crippen molar-refractivity contribution >= 4 is 22.6 Å². The lowest BCUT2D eigenvalue weighted by Gasteiger charge is -1.96. The number of aryl methyl sites for hydroxylation is 1. The van der Waals surface area contributed by atoms with Crippen LogP contribution in [-0.2, 0) is 11.2 Å². The summed E-state index contributed by atoms with van der Waals surface area (Å²) < 4.78 is 9.34. The molecule has 1 saturated carbocycles. The maximum atomic E-state index is 11.7. The Labute approximate surface area is 107 Å². The van der Waals surface area contributed by atoms with E-state index in [1.165, 1.54) is 11.5 Å². The van der Waals surface area contributed by atoms with Gasteiger partial charge in [0.2, 0.25) is 22.8 Å². The standard InChI is InChI=1S/C10H11N5O2S/c1-5-13-14-8(17-5)4-7(16)11-10-12-9(15-18-10)6-2-3-6/h6H,2-4H2,1H3,(H,11,12,15,16). The van der Waals surface area contributed by atoms with Gasteiger partial charge >= 0.3 is 0 Å². The maximum absolute atomic E-state index is 11.7. The third-order valence-corrected chi connectivity index (χ3v) is 3.15. The zero-order valence-electron chi connectivity index (χ0n) is 9.71. The summed E-state index contributed by atoms with van der Waals surface area (Å²) in [5.41, 5.74) is 0. The fourth-order valence-corrected chi connectivity index (χ4v) is 2.17. The van der Waals surface area contributed by atoms with Crippen LogP contribution in [0.25, 0.3) is 0 Å². The number of anilines is 1. The minimum Gasteiger partial charge on any atom is -0.425 e. The molecule has 1 fully saturated rings. The van der Waals surface area contributed by atoms with Gasteiger partial charge in [-0.05, 0) is 12.8 Å². The second-order valence-corrected chi connectivity index (χ2v) is 4.92. The predicted octanol–water partition coefficient (Wildman–Crippen LogP) is 1.29. The Hall–Kier alpha value is -1.83. The molecule has 0 bridgehead atoms. The average Bonchev–Trinajstić information content (AvgIpc) is 2.95. The highest BCUT2D eigenvalue weighted by Gasteiger charge is 2.28. The second-order valence-electron chi connectivity index (χ2n) is 4.17. The number of nitrogens with one attached hydrogen (secondary N) is 1. The maximum Gasteiger partial charge on any atom is 0.235 e. The number of rotatable bonds is 4. The van der Waals surface area contributed by atoms with E-state index in [1.807, 2.05) is 0 Å². The predicted molar refractivity (Wildman–Crippen MR) is 63.3 cm³/mol. The van der Waals surface area contributed by atoms with Crippen molar-refractivity contribution in [3.8, 4) is 0 Å². The Balaban J connectivity index is 1.59. The molecule has 2 aromatic rings. The molecule has 2 aromatic heterocycles. The third kappa shape index (κ3) is 2.53. The highest BCUT2D eigenvalue weighted by molar-refractivity contribution is 7.09. The number of hydrogen-bond acceptors (Lipinski definition) is 7. The molecule has 1 aliphatic rings. The van der Waals surface area contributed by atoms with Crippen LogP contribution in [0.3, 0.4) is 0 Å². The lowest BCUT2D eigenvalue weighted by molar-refractivity contribution is -0.115. The first-order chi connectivity index (χ1) is 8.70. The molecule has 0 radical (unpaired) electrons. The molecule has 0 aliphatic heterocycles. The summed E-state index contributed by atoms with van der Waals surface area (Å²) in [6, 6.07) is 0. The first-order valence-corrected chi connectivity index (χ1v) is 6.40. The molecular formula is C10H11N5O2S. The molecule has 18 heavy (non-hydrogen) atoms. The van der Waals surface area contributed by atoms with Crippen LogP contribution in [0.4, 0.5) is 5.13 Å². The molecule has 0 saturated heterocycles. The molecule has 8 heteroatoms. The fourth-order valence-electron chi connectivity index (χ4n) is 1.50. The summed E-state index contributed by atoms with van der Waals surface area (Å²) in [4.78, 5) is 16.0. The number of amides is 1. The number of aromatic nitrogens is 4. The van der Waals surface area contributed by atoms with E-state index in [4.69, 9.17) is 4.42 Å². The smallest absolute Gasteiger partial charge is 0.235 e. The lowest BCUT2D eigenvalue weighted by Crippen LogP contribution is -2.14. The minimum atomic E-state index is -0.225. The molecule has 94 valence electrons. The largest absolute Gasteiger partial charge is 0.425 e. The van der Waals surface area contributed by atoms with Crippen LogP contribution in [0.2, 0.25) is 0 Å². The van der Waals surface area contributed by atoms with E-state index in [1.54, 1.807) is 6.92 Å². The molecule has 1 amide bonds. The third-order valence-electron chi connectivity index (χ3n) is 2.51. The van der Waals surface area contributed by atoms with E-state index < -0.39 is 0 Å². The number of hydrogen-bond donors (Lipinski definition) is 1. The molecule has 0 unspecified atom stereocenters. The van der Waals surface area contributed by atoms with Gasteiger partial charge in [0.25, 0.3) is 0 Å². The van der Waals surface area contributed by atoms with Crippen molar-refractivity contribution in [1.29, 1.82) is 0 Å². The van der Waals surface area contributed by atoms with Crippen LogP contribution in [0.15, 0.2) is 4.42 Å². The SMILES string of the molecule is Cc1nnc(CC(=O)Nc2nc(C3CC3)ns2)o1. The van der Waals surface area contributed by atoms with Crippen molar-refractivity contribution < 1.29 is 9.21 Å². The van der Waals surface area contributed by atoms with E-state index >= 15 is 0 Å². The van der Waals surface area contributed by atoms with Gasteiger partial charge < -0.3 is 9.73 Å². The monoisotopic (exact) mass is 265 g/mol. The zero-order chi connectivity index (χ0) is 12.5. The van der Waals surface area contributed by atoms with E-state index in [0.29, 0.717) is 22.8 Å². The molecule has 2 heterocycles. The molecule has 1 N–H and O–H groups in total. The summed E-state index contributed by atoms with van der Waals surface area (Å²) in [5.74, 6) is 1.85. The second kappa shape index (κ2) is 4.45. The Kier molecular flexibility index (Phi) is 2.78. The van der Waals surface area contributed by atoms with Crippen molar-refractivity contribution in [2.45, 2.75) is 32.1 Å². The van der Waals surface area contributed by atoms with Gasteiger partial charge in [-0.15, -0.1) is 10.2 Å². The van der Waals surface area contributed by atoms with Crippen molar-refractivity contribution in [3.05, 3.63) is 17.6 Å². The topological polar surface area (TPSA) is 93.8 Å². The van der Waals surface area contributed by atoms with Gasteiger partial charge in [-0.2, -0.15) is 4.37 Å². The highest BCUT2D eigenvalue weighted by Crippen LogP contribution is 2.39. The normalized spacial score (nSPS) is 14.7. The van der Waals surface area contributed by atoms with Crippen molar-refractivity contribution in [2.24, 2.45) is 0 Å². The molecule has 7 nitrogen and oxygen atoms in total. The summed E-state index contributed by atoms with van der Waals surface area (Å²) in [6.07, 6.45) is 2.34. The molecular weight excluding hydrogens is 254 g/mol. The van der Waals surface area contributed by atoms with Gasteiger partial charge in [-0.25, -0.2) is 4.98 Å². The van der Waals surface area contributed by atoms with Crippen LogP contribution < -0.4 is 5.32 Å². The molecule has 1 aliphatic carbocycles. The van der Waals surface area contributed by atoms with Gasteiger partial charge in [0, 0.05) is 24.4 Å². The van der Waals surface area contributed by atoms with Gasteiger partial charge in [0.1, 0.15) is 12.2 Å². The quantitative estimate of drug-likeness (QED) is 0.895. The Morgan fingerprint density at radius 3 is 3.00 bits per heavy atom. The van der Waals surface area contributed by atoms with Gasteiger partial charge in [0.05, 0.1) is 0 Å². The first-order valence-electron chi connectivity index (χ1n) is 5.63. The summed E-state index contributed by atoms with van der Waals surface area (Å²) in [5, 5.41) is 10.6. The summed E-state index contributed by atoms with van der Waals surface area (Å²) in [7, 11) is 0. The summed E-state index contributed by atoms with van der Waals surface area (Å²) in [6.45, 7) is 1.68. The Bertz CT molecular complexity index is 574. The van der Waals surface area contributed by atoms with Crippen LogP contribution >= 0.6 is 11.5 Å². The molecule has 0 spiro atoms. The average molecular weight is 265 g/mol. The van der Waals surface area contributed by atoms with E-state index in [2.05, 4.69) is 24.9 Å². The highest BCUT2D eigenvalue weighted by atomic mass is 32.1. The molecule has 0 atom stereocenters. The Morgan fingerprint density at radius 1 is 1.50 bits per heavy atom. The van der Waals surface area contributed by atoms with Crippen molar-refractivity contribution in [3.63, 3.8) is 0 Å². The Morgan fingerprint density at radius 2 is 2.33 bits per heavy atom. The summed E-state index contributed by atoms with van der Waals surface area (Å²) >= 11 is 1.20. The van der Waals surface area contributed by atoms with Crippen LogP contribution in [0.5, 0.6) is 0 Å². The molecule has 3 rings (SSSR count). The van der Waals surface area contributed by atoms with Crippen LogP contribution in [-0.4, -0.2) is 25.5 Å².